The van der Waals surface area contributed by atoms with Crippen molar-refractivity contribution in [1.29, 1.82) is 5.26 Å². The number of methoxy groups -OCH3 is 1. The van der Waals surface area contributed by atoms with Gasteiger partial charge in [0.25, 0.3) is 0 Å². The fourth-order valence-electron chi connectivity index (χ4n) is 2.52. The molecule has 0 saturated carbocycles. The van der Waals surface area contributed by atoms with Gasteiger partial charge in [0.1, 0.15) is 0 Å². The van der Waals surface area contributed by atoms with Crippen LogP contribution in [-0.2, 0) is 9.47 Å². The Morgan fingerprint density at radius 1 is 1.42 bits per heavy atom. The Balaban J connectivity index is 2.54. The molecule has 0 aromatic heterocycles. The van der Waals surface area contributed by atoms with E-state index in [0.717, 1.165) is 69.7 Å². The third kappa shape index (κ3) is 5.63. The van der Waals surface area contributed by atoms with E-state index in [9.17, 15) is 5.26 Å². The molecule has 0 aromatic rings. The van der Waals surface area contributed by atoms with Crippen LogP contribution in [-0.4, -0.2) is 33.5 Å². The Bertz CT molecular complexity index is 321. The number of ether oxygens (including phenoxy) is 2. The van der Waals surface area contributed by atoms with Gasteiger partial charge in [-0.25, -0.2) is 0 Å². The summed E-state index contributed by atoms with van der Waals surface area (Å²) >= 11 is 0. The molecular formula is C15H26N2O2. The lowest BCUT2D eigenvalue weighted by molar-refractivity contribution is 0.132. The number of nitriles is 1. The van der Waals surface area contributed by atoms with Crippen LogP contribution in [0.4, 0.5) is 0 Å². The largest absolute Gasteiger partial charge is 0.387 e. The number of allylic oxidation sites excluding steroid dienone is 2. The SMILES string of the molecule is CCOCCC1CCCC(C#N)=C1NCCCOC. The number of hydrogen-bond donors (Lipinski definition) is 1. The highest BCUT2D eigenvalue weighted by molar-refractivity contribution is 5.30. The maximum Gasteiger partial charge on any atom is 0.0965 e. The first-order valence-corrected chi connectivity index (χ1v) is 7.27. The van der Waals surface area contributed by atoms with E-state index in [1.54, 1.807) is 7.11 Å². The van der Waals surface area contributed by atoms with Crippen LogP contribution in [0.3, 0.4) is 0 Å². The van der Waals surface area contributed by atoms with Gasteiger partial charge >= 0.3 is 0 Å². The molecule has 1 atom stereocenters. The van der Waals surface area contributed by atoms with Crippen molar-refractivity contribution in [3.63, 3.8) is 0 Å². The Hall–Kier alpha value is -1.05. The molecule has 0 fully saturated rings. The predicted molar refractivity (Wildman–Crippen MR) is 75.6 cm³/mol. The number of nitrogens with one attached hydrogen (secondary N) is 1. The van der Waals surface area contributed by atoms with Crippen LogP contribution in [0.1, 0.15) is 39.0 Å². The Morgan fingerprint density at radius 3 is 2.95 bits per heavy atom. The van der Waals surface area contributed by atoms with Crippen molar-refractivity contribution >= 4 is 0 Å². The smallest absolute Gasteiger partial charge is 0.0965 e. The summed E-state index contributed by atoms with van der Waals surface area (Å²) in [5.41, 5.74) is 2.09. The average Bonchev–Trinajstić information content (AvgIpc) is 2.44. The first-order chi connectivity index (χ1) is 9.33. The normalized spacial score (nSPS) is 19.3. The molecule has 0 radical (unpaired) electrons. The second-order valence-electron chi connectivity index (χ2n) is 4.85. The van der Waals surface area contributed by atoms with Gasteiger partial charge in [0, 0.05) is 50.7 Å². The monoisotopic (exact) mass is 266 g/mol. The zero-order valence-electron chi connectivity index (χ0n) is 12.2. The van der Waals surface area contributed by atoms with E-state index in [4.69, 9.17) is 9.47 Å². The summed E-state index contributed by atoms with van der Waals surface area (Å²) in [6, 6.07) is 2.36. The fourth-order valence-corrected chi connectivity index (χ4v) is 2.52. The minimum Gasteiger partial charge on any atom is -0.387 e. The first-order valence-electron chi connectivity index (χ1n) is 7.27. The number of nitrogens with zero attached hydrogens (tertiary/aromatic N) is 1. The molecule has 19 heavy (non-hydrogen) atoms. The van der Waals surface area contributed by atoms with Gasteiger partial charge in [-0.2, -0.15) is 5.26 Å². The highest BCUT2D eigenvalue weighted by atomic mass is 16.5. The van der Waals surface area contributed by atoms with Gasteiger partial charge in [0.2, 0.25) is 0 Å². The van der Waals surface area contributed by atoms with E-state index in [0.29, 0.717) is 5.92 Å². The molecule has 4 nitrogen and oxygen atoms in total. The van der Waals surface area contributed by atoms with Crippen molar-refractivity contribution in [3.8, 4) is 6.07 Å². The molecule has 1 unspecified atom stereocenters. The zero-order valence-corrected chi connectivity index (χ0v) is 12.2. The lowest BCUT2D eigenvalue weighted by Gasteiger charge is -2.27. The molecule has 0 saturated heterocycles. The Kier molecular flexibility index (Phi) is 8.28. The molecule has 1 rings (SSSR count). The topological polar surface area (TPSA) is 54.3 Å². The van der Waals surface area contributed by atoms with Gasteiger partial charge in [-0.05, 0) is 39.0 Å². The van der Waals surface area contributed by atoms with Gasteiger partial charge in [0.05, 0.1) is 6.07 Å². The van der Waals surface area contributed by atoms with Crippen molar-refractivity contribution in [2.45, 2.75) is 39.0 Å². The van der Waals surface area contributed by atoms with E-state index >= 15 is 0 Å². The zero-order chi connectivity index (χ0) is 13.9. The molecule has 0 bridgehead atoms. The molecule has 1 aliphatic carbocycles. The first kappa shape index (κ1) is 16.0. The number of hydrogen-bond acceptors (Lipinski definition) is 4. The van der Waals surface area contributed by atoms with Crippen molar-refractivity contribution in [2.75, 3.05) is 33.5 Å². The van der Waals surface area contributed by atoms with Gasteiger partial charge in [-0.1, -0.05) is 0 Å². The van der Waals surface area contributed by atoms with E-state index in [1.165, 1.54) is 0 Å². The molecule has 1 aliphatic rings. The van der Waals surface area contributed by atoms with Gasteiger partial charge in [0.15, 0.2) is 0 Å². The van der Waals surface area contributed by atoms with Gasteiger partial charge < -0.3 is 14.8 Å². The third-order valence-corrected chi connectivity index (χ3v) is 3.50. The van der Waals surface area contributed by atoms with Crippen LogP contribution in [0.25, 0.3) is 0 Å². The van der Waals surface area contributed by atoms with E-state index in [2.05, 4.69) is 11.4 Å². The quantitative estimate of drug-likeness (QED) is 0.652. The lowest BCUT2D eigenvalue weighted by Crippen LogP contribution is -2.27. The van der Waals surface area contributed by atoms with Crippen LogP contribution in [0.2, 0.25) is 0 Å². The van der Waals surface area contributed by atoms with Gasteiger partial charge in [-0.3, -0.25) is 0 Å². The summed E-state index contributed by atoms with van der Waals surface area (Å²) in [5.74, 6) is 0.456. The maximum atomic E-state index is 9.25. The maximum absolute atomic E-state index is 9.25. The van der Waals surface area contributed by atoms with Gasteiger partial charge in [-0.15, -0.1) is 0 Å². The van der Waals surface area contributed by atoms with E-state index in [-0.39, 0.29) is 0 Å². The second kappa shape index (κ2) is 9.82. The number of rotatable bonds is 9. The molecule has 108 valence electrons. The molecule has 4 heteroatoms. The summed E-state index contributed by atoms with van der Waals surface area (Å²) in [5, 5.41) is 12.7. The molecular weight excluding hydrogens is 240 g/mol. The van der Waals surface area contributed by atoms with Crippen LogP contribution in [0.5, 0.6) is 0 Å². The summed E-state index contributed by atoms with van der Waals surface area (Å²) in [6.45, 7) is 5.19. The van der Waals surface area contributed by atoms with Crippen LogP contribution in [0.15, 0.2) is 11.3 Å². The van der Waals surface area contributed by atoms with Crippen molar-refractivity contribution in [2.24, 2.45) is 5.92 Å². The molecule has 0 amide bonds. The standard InChI is InChI=1S/C15H26N2O2/c1-3-19-11-8-13-6-4-7-14(12-16)15(13)17-9-5-10-18-2/h13,17H,3-11H2,1-2H3. The predicted octanol–water partition coefficient (Wildman–Crippen LogP) is 2.62. The third-order valence-electron chi connectivity index (χ3n) is 3.50. The highest BCUT2D eigenvalue weighted by Gasteiger charge is 2.22. The Labute approximate surface area is 116 Å². The molecule has 0 heterocycles. The summed E-state index contributed by atoms with van der Waals surface area (Å²) in [6.07, 6.45) is 5.16. The van der Waals surface area contributed by atoms with Crippen molar-refractivity contribution < 1.29 is 9.47 Å². The molecule has 0 spiro atoms. The van der Waals surface area contributed by atoms with Crippen LogP contribution < -0.4 is 5.32 Å². The average molecular weight is 266 g/mol. The fraction of sp³-hybridized carbons (Fsp3) is 0.800. The van der Waals surface area contributed by atoms with E-state index < -0.39 is 0 Å². The Morgan fingerprint density at radius 2 is 2.26 bits per heavy atom. The van der Waals surface area contributed by atoms with Crippen molar-refractivity contribution in [1.82, 2.24) is 5.32 Å². The minimum atomic E-state index is 0.456. The molecule has 1 N–H and O–H groups in total. The molecule has 0 aliphatic heterocycles. The van der Waals surface area contributed by atoms with Crippen LogP contribution >= 0.6 is 0 Å². The highest BCUT2D eigenvalue weighted by Crippen LogP contribution is 2.30. The minimum absolute atomic E-state index is 0.456. The van der Waals surface area contributed by atoms with Crippen molar-refractivity contribution in [3.05, 3.63) is 11.3 Å². The summed E-state index contributed by atoms with van der Waals surface area (Å²) in [7, 11) is 1.71. The summed E-state index contributed by atoms with van der Waals surface area (Å²) < 4.78 is 10.5. The summed E-state index contributed by atoms with van der Waals surface area (Å²) in [4.78, 5) is 0. The van der Waals surface area contributed by atoms with Crippen LogP contribution in [0, 0.1) is 17.2 Å². The van der Waals surface area contributed by atoms with E-state index in [1.807, 2.05) is 6.92 Å². The lowest BCUT2D eigenvalue weighted by atomic mass is 9.85. The molecule has 0 aromatic carbocycles. The second-order valence-corrected chi connectivity index (χ2v) is 4.85.